The van der Waals surface area contributed by atoms with Crippen LogP contribution in [0.25, 0.3) is 0 Å². The van der Waals surface area contributed by atoms with Crippen molar-refractivity contribution in [2.75, 3.05) is 0 Å². The molecule has 2 atom stereocenters. The summed E-state index contributed by atoms with van der Waals surface area (Å²) in [7, 11) is -3.60. The van der Waals surface area contributed by atoms with E-state index < -0.39 is 16.1 Å². The Bertz CT molecular complexity index is 648. The summed E-state index contributed by atoms with van der Waals surface area (Å²) in [5, 5.41) is 0. The van der Waals surface area contributed by atoms with E-state index in [9.17, 15) is 8.42 Å². The van der Waals surface area contributed by atoms with Gasteiger partial charge in [-0.15, -0.1) is 6.58 Å². The molecule has 1 aromatic carbocycles. The maximum Gasteiger partial charge on any atom is 0.241 e. The molecule has 1 N–H and O–H groups in total. The minimum atomic E-state index is -3.60. The van der Waals surface area contributed by atoms with Gasteiger partial charge in [0.1, 0.15) is 5.76 Å². The number of rotatable bonds is 6. The second kappa shape index (κ2) is 6.07. The highest BCUT2D eigenvalue weighted by atomic mass is 32.2. The van der Waals surface area contributed by atoms with Gasteiger partial charge in [0.25, 0.3) is 0 Å². The van der Waals surface area contributed by atoms with E-state index in [1.165, 1.54) is 6.26 Å². The fraction of sp³-hybridized carbons (Fsp3) is 0.200. The van der Waals surface area contributed by atoms with Gasteiger partial charge in [-0.2, -0.15) is 4.72 Å². The van der Waals surface area contributed by atoms with E-state index >= 15 is 0 Å². The topological polar surface area (TPSA) is 59.3 Å². The Balaban J connectivity index is 2.31. The first-order valence-electron chi connectivity index (χ1n) is 6.28. The Morgan fingerprint density at radius 3 is 2.45 bits per heavy atom. The van der Waals surface area contributed by atoms with Crippen LogP contribution in [-0.4, -0.2) is 8.42 Å². The summed E-state index contributed by atoms with van der Waals surface area (Å²) in [6.07, 6.45) is 3.22. The monoisotopic (exact) mass is 291 g/mol. The van der Waals surface area contributed by atoms with Gasteiger partial charge in [-0.05, 0) is 30.2 Å². The molecule has 4 nitrogen and oxygen atoms in total. The number of sulfonamides is 1. The lowest BCUT2D eigenvalue weighted by atomic mass is 10.0. The second-order valence-electron chi connectivity index (χ2n) is 4.52. The van der Waals surface area contributed by atoms with Crippen LogP contribution in [0.1, 0.15) is 18.7 Å². The lowest BCUT2D eigenvalue weighted by Gasteiger charge is -2.20. The summed E-state index contributed by atoms with van der Waals surface area (Å²) in [5.74, 6) is 0.469. The third kappa shape index (κ3) is 3.18. The van der Waals surface area contributed by atoms with E-state index in [4.69, 9.17) is 4.42 Å². The van der Waals surface area contributed by atoms with Crippen molar-refractivity contribution in [3.8, 4) is 0 Å². The van der Waals surface area contributed by atoms with Crippen LogP contribution in [0.3, 0.4) is 0 Å². The maximum atomic E-state index is 12.4. The molecule has 0 aliphatic heterocycles. The molecule has 2 unspecified atom stereocenters. The van der Waals surface area contributed by atoms with E-state index in [0.717, 1.165) is 0 Å². The first-order chi connectivity index (χ1) is 9.54. The van der Waals surface area contributed by atoms with Gasteiger partial charge >= 0.3 is 0 Å². The Morgan fingerprint density at radius 1 is 1.20 bits per heavy atom. The molecule has 0 amide bonds. The Labute approximate surface area is 119 Å². The molecule has 1 aromatic heterocycles. The van der Waals surface area contributed by atoms with E-state index in [1.54, 1.807) is 48.5 Å². The first kappa shape index (κ1) is 14.6. The van der Waals surface area contributed by atoms with Crippen molar-refractivity contribution in [3.63, 3.8) is 0 Å². The predicted octanol–water partition coefficient (Wildman–Crippen LogP) is 3.12. The molecule has 0 bridgehead atoms. The lowest BCUT2D eigenvalue weighted by Crippen LogP contribution is -2.31. The lowest BCUT2D eigenvalue weighted by molar-refractivity contribution is 0.398. The smallest absolute Gasteiger partial charge is 0.241 e. The van der Waals surface area contributed by atoms with Crippen LogP contribution in [0.5, 0.6) is 0 Å². The Morgan fingerprint density at radius 2 is 1.90 bits per heavy atom. The summed E-state index contributed by atoms with van der Waals surface area (Å²) in [6.45, 7) is 5.60. The van der Waals surface area contributed by atoms with Gasteiger partial charge in [0.15, 0.2) is 0 Å². The van der Waals surface area contributed by atoms with Crippen molar-refractivity contribution in [3.05, 3.63) is 67.1 Å². The van der Waals surface area contributed by atoms with Crippen LogP contribution in [0, 0.1) is 5.92 Å². The van der Waals surface area contributed by atoms with Gasteiger partial charge in [-0.25, -0.2) is 8.42 Å². The van der Waals surface area contributed by atoms with Gasteiger partial charge < -0.3 is 4.42 Å². The van der Waals surface area contributed by atoms with Gasteiger partial charge in [-0.1, -0.05) is 31.2 Å². The Hall–Kier alpha value is -1.85. The normalized spacial score (nSPS) is 14.7. The first-order valence-corrected chi connectivity index (χ1v) is 7.76. The van der Waals surface area contributed by atoms with Crippen molar-refractivity contribution in [2.24, 2.45) is 5.92 Å². The van der Waals surface area contributed by atoms with Crippen LogP contribution in [0.2, 0.25) is 0 Å². The molecular formula is C15H17NO3S. The average molecular weight is 291 g/mol. The highest BCUT2D eigenvalue weighted by Crippen LogP contribution is 2.25. The van der Waals surface area contributed by atoms with Gasteiger partial charge in [0, 0.05) is 0 Å². The largest absolute Gasteiger partial charge is 0.468 e. The molecular weight excluding hydrogens is 274 g/mol. The zero-order valence-electron chi connectivity index (χ0n) is 11.2. The fourth-order valence-corrected chi connectivity index (χ4v) is 3.18. The van der Waals surface area contributed by atoms with Gasteiger partial charge in [0.2, 0.25) is 10.0 Å². The Kier molecular flexibility index (Phi) is 4.42. The number of hydrogen-bond acceptors (Lipinski definition) is 3. The quantitative estimate of drug-likeness (QED) is 0.832. The van der Waals surface area contributed by atoms with E-state index in [-0.39, 0.29) is 10.8 Å². The number of benzene rings is 1. The maximum absolute atomic E-state index is 12.4. The van der Waals surface area contributed by atoms with E-state index in [2.05, 4.69) is 11.3 Å². The van der Waals surface area contributed by atoms with Crippen LogP contribution in [0.4, 0.5) is 0 Å². The molecule has 0 spiro atoms. The van der Waals surface area contributed by atoms with E-state index in [1.807, 2.05) is 6.92 Å². The summed E-state index contributed by atoms with van der Waals surface area (Å²) < 4.78 is 32.7. The molecule has 0 aliphatic rings. The molecule has 2 rings (SSSR count). The highest BCUT2D eigenvalue weighted by Gasteiger charge is 2.26. The van der Waals surface area contributed by atoms with Gasteiger partial charge in [-0.3, -0.25) is 0 Å². The number of nitrogens with one attached hydrogen (secondary N) is 1. The second-order valence-corrected chi connectivity index (χ2v) is 6.24. The minimum Gasteiger partial charge on any atom is -0.468 e. The van der Waals surface area contributed by atoms with Crippen molar-refractivity contribution >= 4 is 10.0 Å². The number of furan rings is 1. The predicted molar refractivity (Wildman–Crippen MR) is 77.6 cm³/mol. The molecule has 0 aliphatic carbocycles. The summed E-state index contributed by atoms with van der Waals surface area (Å²) in [6, 6.07) is 11.3. The van der Waals surface area contributed by atoms with Crippen molar-refractivity contribution in [1.82, 2.24) is 4.72 Å². The molecule has 0 saturated heterocycles. The zero-order valence-corrected chi connectivity index (χ0v) is 12.0. The van der Waals surface area contributed by atoms with Crippen molar-refractivity contribution in [2.45, 2.75) is 17.9 Å². The van der Waals surface area contributed by atoms with Crippen LogP contribution < -0.4 is 4.72 Å². The van der Waals surface area contributed by atoms with Crippen LogP contribution in [0.15, 0.2) is 70.7 Å². The molecule has 2 aromatic rings. The van der Waals surface area contributed by atoms with Crippen molar-refractivity contribution in [1.29, 1.82) is 0 Å². The average Bonchev–Trinajstić information content (AvgIpc) is 2.99. The molecule has 5 heteroatoms. The summed E-state index contributed by atoms with van der Waals surface area (Å²) in [5.41, 5.74) is 0. The molecule has 106 valence electrons. The number of hydrogen-bond donors (Lipinski definition) is 1. The SMILES string of the molecule is C=CC(C)C(NS(=O)(=O)c1ccccc1)c1ccco1. The van der Waals surface area contributed by atoms with Crippen LogP contribution >= 0.6 is 0 Å². The fourth-order valence-electron chi connectivity index (χ4n) is 1.86. The summed E-state index contributed by atoms with van der Waals surface area (Å²) in [4.78, 5) is 0.229. The molecule has 1 heterocycles. The van der Waals surface area contributed by atoms with Crippen LogP contribution in [-0.2, 0) is 10.0 Å². The standard InChI is InChI=1S/C15H17NO3S/c1-3-12(2)15(14-10-7-11-19-14)16-20(17,18)13-8-5-4-6-9-13/h3-12,15-16H,1H2,2H3. The van der Waals surface area contributed by atoms with Gasteiger partial charge in [0.05, 0.1) is 17.2 Å². The summed E-state index contributed by atoms with van der Waals surface area (Å²) >= 11 is 0. The van der Waals surface area contributed by atoms with E-state index in [0.29, 0.717) is 5.76 Å². The molecule has 20 heavy (non-hydrogen) atoms. The van der Waals surface area contributed by atoms with Crippen molar-refractivity contribution < 1.29 is 12.8 Å². The minimum absolute atomic E-state index is 0.0976. The highest BCUT2D eigenvalue weighted by molar-refractivity contribution is 7.89. The molecule has 0 fully saturated rings. The zero-order chi connectivity index (χ0) is 14.6. The third-order valence-corrected chi connectivity index (χ3v) is 4.54. The third-order valence-electron chi connectivity index (χ3n) is 3.08. The molecule has 0 radical (unpaired) electrons. The molecule has 0 saturated carbocycles.